The van der Waals surface area contributed by atoms with Crippen LogP contribution >= 0.6 is 46.6 Å². The maximum absolute atomic E-state index is 12.7. The zero-order chi connectivity index (χ0) is 23.7. The molecule has 1 saturated heterocycles. The minimum Gasteiger partial charge on any atom is -0.487 e. The van der Waals surface area contributed by atoms with Gasteiger partial charge in [0, 0.05) is 0 Å². The lowest BCUT2D eigenvalue weighted by atomic mass is 10.1. The molecule has 2 heterocycles. The highest BCUT2D eigenvalue weighted by molar-refractivity contribution is 8.15. The van der Waals surface area contributed by atoms with Crippen LogP contribution in [0, 0.1) is 0 Å². The number of fused-ring (bicyclic) bond motifs is 1. The van der Waals surface area contributed by atoms with Gasteiger partial charge in [-0.15, -0.1) is 0 Å². The van der Waals surface area contributed by atoms with Crippen LogP contribution in [0.2, 0.25) is 0 Å². The van der Waals surface area contributed by atoms with Crippen LogP contribution in [-0.4, -0.2) is 64.9 Å². The first-order valence-electron chi connectivity index (χ1n) is 8.94. The number of esters is 1. The first-order valence-corrected chi connectivity index (χ1v) is 12.8. The van der Waals surface area contributed by atoms with Gasteiger partial charge in [-0.25, -0.2) is 4.79 Å². The van der Waals surface area contributed by atoms with Gasteiger partial charge in [0.05, 0.1) is 6.26 Å². The number of nitrogens with zero attached hydrogens (tertiary/aromatic N) is 2. The van der Waals surface area contributed by atoms with Crippen molar-refractivity contribution in [2.45, 2.75) is 22.1 Å². The Morgan fingerprint density at radius 2 is 1.91 bits per heavy atom. The molecule has 1 amide bonds. The predicted molar refractivity (Wildman–Crippen MR) is 121 cm³/mol. The zero-order valence-electron chi connectivity index (χ0n) is 16.7. The van der Waals surface area contributed by atoms with Crippen molar-refractivity contribution in [2.75, 3.05) is 19.5 Å². The number of rotatable bonds is 8. The third kappa shape index (κ3) is 6.22. The molecular formula is C18H17Cl3N2O7S2. The fraction of sp³-hybridized carbons (Fsp3) is 0.389. The summed E-state index contributed by atoms with van der Waals surface area (Å²) in [6.45, 7) is 0.716. The first-order chi connectivity index (χ1) is 14.9. The molecule has 0 aromatic heterocycles. The van der Waals surface area contributed by atoms with E-state index in [4.69, 9.17) is 48.5 Å². The molecule has 9 nitrogen and oxygen atoms in total. The van der Waals surface area contributed by atoms with Crippen LogP contribution in [0.3, 0.4) is 0 Å². The van der Waals surface area contributed by atoms with E-state index in [2.05, 4.69) is 4.99 Å². The summed E-state index contributed by atoms with van der Waals surface area (Å²) < 4.78 is 36.7. The Morgan fingerprint density at radius 3 is 2.50 bits per heavy atom. The Bertz CT molecular complexity index is 1070. The van der Waals surface area contributed by atoms with Crippen LogP contribution < -0.4 is 4.74 Å². The molecule has 0 spiro atoms. The largest absolute Gasteiger partial charge is 0.487 e. The maximum atomic E-state index is 12.7. The molecule has 0 radical (unpaired) electrons. The van der Waals surface area contributed by atoms with Gasteiger partial charge in [0.2, 0.25) is 3.79 Å². The Hall–Kier alpha value is -1.66. The number of allylic oxidation sites excluding steroid dienone is 1. The summed E-state index contributed by atoms with van der Waals surface area (Å²) in [5.41, 5.74) is -0.413. The monoisotopic (exact) mass is 542 g/mol. The Balaban J connectivity index is 1.77. The quantitative estimate of drug-likeness (QED) is 0.123. The number of hydrogen-bond donors (Lipinski definition) is 0. The number of thioether (sulfide) groups is 1. The standard InChI is InChI=1S/C18H17Cl3N2O7S2/c1-10(30-32(2,26)27)14(17(25)29-9-18(19,20)21)23-15(24)13-16(23)31-12(22-13)8-28-11-6-4-3-5-7-11/h3-7,13,16H,8-9H2,1-2H3. The Labute approximate surface area is 203 Å². The third-order valence-corrected chi connectivity index (χ3v) is 6.16. The van der Waals surface area contributed by atoms with Crippen molar-refractivity contribution < 1.29 is 31.7 Å². The highest BCUT2D eigenvalue weighted by atomic mass is 35.6. The number of carbonyl (C=O) groups excluding carboxylic acids is 2. The number of likely N-dealkylation sites (tertiary alicyclic amines) is 1. The molecule has 1 aromatic carbocycles. The smallest absolute Gasteiger partial charge is 0.358 e. The van der Waals surface area contributed by atoms with E-state index in [1.54, 1.807) is 12.1 Å². The van der Waals surface area contributed by atoms with E-state index in [-0.39, 0.29) is 12.4 Å². The van der Waals surface area contributed by atoms with Crippen molar-refractivity contribution in [1.29, 1.82) is 0 Å². The average molecular weight is 544 g/mol. The van der Waals surface area contributed by atoms with E-state index < -0.39 is 49.5 Å². The molecule has 2 aliphatic rings. The molecule has 2 unspecified atom stereocenters. The van der Waals surface area contributed by atoms with E-state index in [1.807, 2.05) is 18.2 Å². The third-order valence-electron chi connectivity index (χ3n) is 4.07. The summed E-state index contributed by atoms with van der Waals surface area (Å²) in [7, 11) is -3.99. The fourth-order valence-electron chi connectivity index (χ4n) is 2.87. The molecule has 14 heteroatoms. The molecule has 0 saturated carbocycles. The zero-order valence-corrected chi connectivity index (χ0v) is 20.6. The number of amides is 1. The van der Waals surface area contributed by atoms with Gasteiger partial charge in [0.15, 0.2) is 11.7 Å². The van der Waals surface area contributed by atoms with E-state index in [0.29, 0.717) is 10.8 Å². The number of ether oxygens (including phenoxy) is 2. The minimum atomic E-state index is -3.99. The van der Waals surface area contributed by atoms with Crippen molar-refractivity contribution in [2.24, 2.45) is 4.99 Å². The SMILES string of the molecule is CC(OS(C)(=O)=O)=C(C(=O)OCC(Cl)(Cl)Cl)N1C(=O)C2N=C(COc3ccccc3)SC21. The molecule has 0 bridgehead atoms. The lowest BCUT2D eigenvalue weighted by Crippen LogP contribution is -2.61. The molecule has 1 fully saturated rings. The van der Waals surface area contributed by atoms with E-state index in [1.165, 1.54) is 18.7 Å². The van der Waals surface area contributed by atoms with Gasteiger partial charge < -0.3 is 13.7 Å². The molecule has 0 aliphatic carbocycles. The van der Waals surface area contributed by atoms with Crippen LogP contribution in [0.5, 0.6) is 5.75 Å². The molecule has 3 rings (SSSR count). The Kier molecular flexibility index (Phi) is 7.55. The van der Waals surface area contributed by atoms with Crippen LogP contribution in [0.15, 0.2) is 46.8 Å². The molecule has 32 heavy (non-hydrogen) atoms. The van der Waals surface area contributed by atoms with E-state index >= 15 is 0 Å². The van der Waals surface area contributed by atoms with E-state index in [0.717, 1.165) is 11.2 Å². The fourth-order valence-corrected chi connectivity index (χ4v) is 4.77. The van der Waals surface area contributed by atoms with Crippen LogP contribution in [0.1, 0.15) is 6.92 Å². The van der Waals surface area contributed by atoms with Crippen LogP contribution in [0.4, 0.5) is 0 Å². The number of para-hydroxylation sites is 1. The van der Waals surface area contributed by atoms with Gasteiger partial charge >= 0.3 is 16.1 Å². The van der Waals surface area contributed by atoms with Crippen molar-refractivity contribution in [3.63, 3.8) is 0 Å². The predicted octanol–water partition coefficient (Wildman–Crippen LogP) is 2.87. The number of benzene rings is 1. The maximum Gasteiger partial charge on any atom is 0.358 e. The van der Waals surface area contributed by atoms with Gasteiger partial charge in [-0.2, -0.15) is 8.42 Å². The van der Waals surface area contributed by atoms with Crippen LogP contribution in [-0.2, 0) is 28.6 Å². The second-order valence-corrected chi connectivity index (χ2v) is 12.0. The summed E-state index contributed by atoms with van der Waals surface area (Å²) >= 11 is 18.0. The van der Waals surface area contributed by atoms with Crippen molar-refractivity contribution in [1.82, 2.24) is 4.90 Å². The Morgan fingerprint density at radius 1 is 1.25 bits per heavy atom. The van der Waals surface area contributed by atoms with Crippen molar-refractivity contribution in [3.05, 3.63) is 41.8 Å². The molecule has 1 aromatic rings. The number of halogens is 3. The van der Waals surface area contributed by atoms with Crippen molar-refractivity contribution in [3.8, 4) is 5.75 Å². The highest BCUT2D eigenvalue weighted by Crippen LogP contribution is 2.42. The van der Waals surface area contributed by atoms with Gasteiger partial charge in [0.25, 0.3) is 5.91 Å². The van der Waals surface area contributed by atoms with Gasteiger partial charge in [-0.3, -0.25) is 14.7 Å². The highest BCUT2D eigenvalue weighted by Gasteiger charge is 2.56. The van der Waals surface area contributed by atoms with E-state index in [9.17, 15) is 18.0 Å². The second-order valence-electron chi connectivity index (χ2n) is 6.67. The lowest BCUT2D eigenvalue weighted by molar-refractivity contribution is -0.150. The second kappa shape index (κ2) is 9.68. The summed E-state index contributed by atoms with van der Waals surface area (Å²) in [6, 6.07) is 8.29. The molecule has 2 atom stereocenters. The molecule has 0 N–H and O–H groups in total. The van der Waals surface area contributed by atoms with Crippen LogP contribution in [0.25, 0.3) is 0 Å². The number of aliphatic imine (C=N–C) groups is 1. The van der Waals surface area contributed by atoms with Gasteiger partial charge in [0.1, 0.15) is 35.1 Å². The number of alkyl halides is 3. The number of carbonyl (C=O) groups is 2. The van der Waals surface area contributed by atoms with Crippen molar-refractivity contribution >= 4 is 73.6 Å². The topological polar surface area (TPSA) is 112 Å². The summed E-state index contributed by atoms with van der Waals surface area (Å²) in [4.78, 5) is 30.8. The first kappa shape index (κ1) is 25.0. The number of β-lactam (4-membered cyclic amide) rings is 1. The number of hydrogen-bond acceptors (Lipinski definition) is 9. The minimum absolute atomic E-state index is 0.123. The molecule has 2 aliphatic heterocycles. The summed E-state index contributed by atoms with van der Waals surface area (Å²) in [5, 5.41) is -0.0688. The normalized spacial score (nSPS) is 21.2. The average Bonchev–Trinajstić information content (AvgIpc) is 3.06. The summed E-state index contributed by atoms with van der Waals surface area (Å²) in [5.74, 6) is -1.34. The molecule has 174 valence electrons. The molecular weight excluding hydrogens is 527 g/mol. The summed E-state index contributed by atoms with van der Waals surface area (Å²) in [6.07, 6.45) is 0.800. The van der Waals surface area contributed by atoms with Gasteiger partial charge in [-0.1, -0.05) is 64.8 Å². The lowest BCUT2D eigenvalue weighted by Gasteiger charge is -2.41. The van der Waals surface area contributed by atoms with Gasteiger partial charge in [-0.05, 0) is 19.1 Å².